The Labute approximate surface area is 88.2 Å². The minimum atomic E-state index is -0.340. The summed E-state index contributed by atoms with van der Waals surface area (Å²) < 4.78 is 17.4. The molecular weight excluding hydrogens is 197 g/mol. The number of hydrogen-bond donors (Lipinski definition) is 1. The van der Waals surface area contributed by atoms with Crippen molar-refractivity contribution in [1.29, 1.82) is 0 Å². The average molecular weight is 211 g/mol. The second-order valence-corrected chi connectivity index (χ2v) is 3.26. The van der Waals surface area contributed by atoms with Gasteiger partial charge < -0.3 is 4.74 Å². The van der Waals surface area contributed by atoms with Crippen molar-refractivity contribution in [2.45, 2.75) is 26.6 Å². The first-order valence-corrected chi connectivity index (χ1v) is 4.73. The molecule has 0 saturated carbocycles. The van der Waals surface area contributed by atoms with Gasteiger partial charge in [-0.2, -0.15) is 0 Å². The van der Waals surface area contributed by atoms with Crippen molar-refractivity contribution in [2.24, 2.45) is 0 Å². The lowest BCUT2D eigenvalue weighted by Gasteiger charge is -2.13. The molecule has 0 saturated heterocycles. The van der Waals surface area contributed by atoms with Gasteiger partial charge in [-0.05, 0) is 24.6 Å². The van der Waals surface area contributed by atoms with E-state index in [1.54, 1.807) is 19.1 Å². The third kappa shape index (κ3) is 4.56. The normalized spacial score (nSPS) is 12.2. The Kier molecular flexibility index (Phi) is 4.24. The minimum absolute atomic E-state index is 0.258. The van der Waals surface area contributed by atoms with Gasteiger partial charge in [0.25, 0.3) is 0 Å². The van der Waals surface area contributed by atoms with Gasteiger partial charge in [-0.3, -0.25) is 10.1 Å². The molecule has 1 N–H and O–H groups in total. The van der Waals surface area contributed by atoms with Gasteiger partial charge in [0.1, 0.15) is 5.82 Å². The van der Waals surface area contributed by atoms with Crippen LogP contribution in [0.4, 0.5) is 4.39 Å². The predicted octanol–water partition coefficient (Wildman–Crippen LogP) is 1.82. The van der Waals surface area contributed by atoms with E-state index < -0.39 is 0 Å². The van der Waals surface area contributed by atoms with Crippen LogP contribution in [0.15, 0.2) is 24.3 Å². The molecule has 0 radical (unpaired) electrons. The van der Waals surface area contributed by atoms with Gasteiger partial charge in [-0.1, -0.05) is 12.1 Å². The van der Waals surface area contributed by atoms with Crippen molar-refractivity contribution in [3.63, 3.8) is 0 Å². The highest BCUT2D eigenvalue weighted by atomic mass is 19.1. The Balaban J connectivity index is 2.36. The fourth-order valence-corrected chi connectivity index (χ4v) is 1.15. The van der Waals surface area contributed by atoms with Crippen LogP contribution in [0.1, 0.15) is 19.4 Å². The van der Waals surface area contributed by atoms with E-state index in [1.807, 2.05) is 0 Å². The van der Waals surface area contributed by atoms with E-state index in [2.05, 4.69) is 5.32 Å². The Morgan fingerprint density at radius 3 is 2.60 bits per heavy atom. The second-order valence-electron chi connectivity index (χ2n) is 3.26. The summed E-state index contributed by atoms with van der Waals surface area (Å²) in [6.07, 6.45) is -0.340. The number of rotatable bonds is 4. The maximum absolute atomic E-state index is 12.6. The third-order valence-electron chi connectivity index (χ3n) is 1.85. The maximum Gasteiger partial charge on any atom is 0.304 e. The molecular formula is C11H14FNO2. The summed E-state index contributed by atoms with van der Waals surface area (Å²) in [6, 6.07) is 6.16. The summed E-state index contributed by atoms with van der Waals surface area (Å²) in [4.78, 5) is 10.6. The minimum Gasteiger partial charge on any atom is -0.447 e. The molecule has 1 unspecified atom stereocenters. The first-order valence-electron chi connectivity index (χ1n) is 4.73. The molecule has 0 bridgehead atoms. The fraction of sp³-hybridized carbons (Fsp3) is 0.364. The van der Waals surface area contributed by atoms with Crippen LogP contribution in [0.25, 0.3) is 0 Å². The monoisotopic (exact) mass is 211 g/mol. The lowest BCUT2D eigenvalue weighted by Crippen LogP contribution is -2.29. The summed E-state index contributed by atoms with van der Waals surface area (Å²) in [5.74, 6) is -0.583. The molecule has 1 atom stereocenters. The van der Waals surface area contributed by atoms with Crippen LogP contribution < -0.4 is 5.32 Å². The molecule has 0 aromatic heterocycles. The average Bonchev–Trinajstić information content (AvgIpc) is 2.16. The molecule has 3 nitrogen and oxygen atoms in total. The molecule has 0 fully saturated rings. The van der Waals surface area contributed by atoms with Crippen LogP contribution in [0.2, 0.25) is 0 Å². The SMILES string of the molecule is CC(=O)OC(C)NCc1ccc(F)cc1. The van der Waals surface area contributed by atoms with Gasteiger partial charge in [0.15, 0.2) is 6.23 Å². The van der Waals surface area contributed by atoms with Crippen LogP contribution in [-0.4, -0.2) is 12.2 Å². The van der Waals surface area contributed by atoms with Gasteiger partial charge in [-0.15, -0.1) is 0 Å². The number of ether oxygens (including phenoxy) is 1. The Hall–Kier alpha value is -1.42. The van der Waals surface area contributed by atoms with E-state index in [0.717, 1.165) is 5.56 Å². The highest BCUT2D eigenvalue weighted by Crippen LogP contribution is 2.02. The highest BCUT2D eigenvalue weighted by molar-refractivity contribution is 5.66. The van der Waals surface area contributed by atoms with Gasteiger partial charge in [0.2, 0.25) is 0 Å². The number of hydrogen-bond acceptors (Lipinski definition) is 3. The summed E-state index contributed by atoms with van der Waals surface area (Å²) in [7, 11) is 0. The molecule has 0 aliphatic heterocycles. The third-order valence-corrected chi connectivity index (χ3v) is 1.85. The number of carbonyl (C=O) groups excluding carboxylic acids is 1. The van der Waals surface area contributed by atoms with E-state index >= 15 is 0 Å². The van der Waals surface area contributed by atoms with Crippen molar-refractivity contribution in [3.8, 4) is 0 Å². The zero-order chi connectivity index (χ0) is 11.3. The standard InChI is InChI=1S/C11H14FNO2/c1-8(15-9(2)14)13-7-10-3-5-11(12)6-4-10/h3-6,8,13H,7H2,1-2H3. The van der Waals surface area contributed by atoms with E-state index in [4.69, 9.17) is 4.74 Å². The van der Waals surface area contributed by atoms with Gasteiger partial charge in [0.05, 0.1) is 0 Å². The fourth-order valence-electron chi connectivity index (χ4n) is 1.15. The van der Waals surface area contributed by atoms with Crippen LogP contribution in [0.3, 0.4) is 0 Å². The zero-order valence-electron chi connectivity index (χ0n) is 8.79. The second kappa shape index (κ2) is 5.46. The Morgan fingerprint density at radius 2 is 2.07 bits per heavy atom. The molecule has 4 heteroatoms. The topological polar surface area (TPSA) is 38.3 Å². The molecule has 0 amide bonds. The van der Waals surface area contributed by atoms with Crippen molar-refractivity contribution in [3.05, 3.63) is 35.6 Å². The number of halogens is 1. The van der Waals surface area contributed by atoms with Crippen LogP contribution in [0, 0.1) is 5.82 Å². The molecule has 0 heterocycles. The van der Waals surface area contributed by atoms with E-state index in [0.29, 0.717) is 6.54 Å². The summed E-state index contributed by atoms with van der Waals surface area (Å²) >= 11 is 0. The lowest BCUT2D eigenvalue weighted by molar-refractivity contribution is -0.146. The first-order chi connectivity index (χ1) is 7.08. The Bertz CT molecular complexity index is 324. The predicted molar refractivity (Wildman–Crippen MR) is 54.5 cm³/mol. The molecule has 0 aliphatic rings. The van der Waals surface area contributed by atoms with Gasteiger partial charge in [0, 0.05) is 13.5 Å². The Morgan fingerprint density at radius 1 is 1.47 bits per heavy atom. The molecule has 1 aromatic carbocycles. The maximum atomic E-state index is 12.6. The molecule has 15 heavy (non-hydrogen) atoms. The van der Waals surface area contributed by atoms with Crippen molar-refractivity contribution < 1.29 is 13.9 Å². The van der Waals surface area contributed by atoms with Crippen LogP contribution >= 0.6 is 0 Å². The van der Waals surface area contributed by atoms with Gasteiger partial charge in [-0.25, -0.2) is 4.39 Å². The molecule has 0 spiro atoms. The molecule has 1 rings (SSSR count). The van der Waals surface area contributed by atoms with E-state index in [-0.39, 0.29) is 18.0 Å². The summed E-state index contributed by atoms with van der Waals surface area (Å²) in [5, 5.41) is 2.98. The molecule has 1 aromatic rings. The van der Waals surface area contributed by atoms with Crippen molar-refractivity contribution >= 4 is 5.97 Å². The van der Waals surface area contributed by atoms with Crippen molar-refractivity contribution in [2.75, 3.05) is 0 Å². The first kappa shape index (κ1) is 11.7. The number of esters is 1. The smallest absolute Gasteiger partial charge is 0.304 e. The van der Waals surface area contributed by atoms with Crippen LogP contribution in [-0.2, 0) is 16.1 Å². The lowest BCUT2D eigenvalue weighted by atomic mass is 10.2. The largest absolute Gasteiger partial charge is 0.447 e. The number of carbonyl (C=O) groups is 1. The highest BCUT2D eigenvalue weighted by Gasteiger charge is 2.03. The number of benzene rings is 1. The van der Waals surface area contributed by atoms with Gasteiger partial charge >= 0.3 is 5.97 Å². The van der Waals surface area contributed by atoms with Crippen LogP contribution in [0.5, 0.6) is 0 Å². The quantitative estimate of drug-likeness (QED) is 0.610. The van der Waals surface area contributed by atoms with E-state index in [9.17, 15) is 9.18 Å². The molecule has 0 aliphatic carbocycles. The number of nitrogens with one attached hydrogen (secondary N) is 1. The van der Waals surface area contributed by atoms with Crippen molar-refractivity contribution in [1.82, 2.24) is 5.32 Å². The summed E-state index contributed by atoms with van der Waals surface area (Å²) in [5.41, 5.74) is 0.940. The summed E-state index contributed by atoms with van der Waals surface area (Å²) in [6.45, 7) is 3.63. The molecule has 82 valence electrons. The van der Waals surface area contributed by atoms with E-state index in [1.165, 1.54) is 19.1 Å². The zero-order valence-corrected chi connectivity index (χ0v) is 8.79.